The van der Waals surface area contributed by atoms with E-state index in [0.717, 1.165) is 23.4 Å². The van der Waals surface area contributed by atoms with Crippen molar-refractivity contribution in [3.63, 3.8) is 0 Å². The number of pyridine rings is 1. The van der Waals surface area contributed by atoms with Crippen LogP contribution in [0.25, 0.3) is 22.0 Å². The smallest absolute Gasteiger partial charge is 0.417 e. The average Bonchev–Trinajstić information content (AvgIpc) is 2.77. The molecule has 158 valence electrons. The van der Waals surface area contributed by atoms with Crippen LogP contribution >= 0.6 is 0 Å². The number of alkyl halides is 3. The van der Waals surface area contributed by atoms with Crippen molar-refractivity contribution in [1.82, 2.24) is 15.0 Å². The number of nitrogens with zero attached hydrogens (tertiary/aromatic N) is 3. The quantitative estimate of drug-likeness (QED) is 0.427. The molecule has 0 amide bonds. The molecule has 2 aromatic heterocycles. The highest BCUT2D eigenvalue weighted by Gasteiger charge is 2.31. The van der Waals surface area contributed by atoms with Gasteiger partial charge in [-0.25, -0.2) is 14.4 Å². The van der Waals surface area contributed by atoms with E-state index in [4.69, 9.17) is 4.74 Å². The Kier molecular flexibility index (Phi) is 5.41. The van der Waals surface area contributed by atoms with E-state index in [2.05, 4.69) is 20.3 Å². The number of hydrogen-bond acceptors (Lipinski definition) is 5. The van der Waals surface area contributed by atoms with Gasteiger partial charge in [0.15, 0.2) is 0 Å². The number of fused-ring (bicyclic) bond motifs is 1. The Morgan fingerprint density at radius 2 is 1.74 bits per heavy atom. The topological polar surface area (TPSA) is 59.9 Å². The van der Waals surface area contributed by atoms with Crippen molar-refractivity contribution in [1.29, 1.82) is 0 Å². The third-order valence-corrected chi connectivity index (χ3v) is 4.68. The van der Waals surface area contributed by atoms with Crippen molar-refractivity contribution in [3.8, 4) is 16.9 Å². The molecule has 2 aromatic carbocycles. The number of aromatic nitrogens is 3. The summed E-state index contributed by atoms with van der Waals surface area (Å²) in [4.78, 5) is 12.2. The second-order valence-corrected chi connectivity index (χ2v) is 6.74. The minimum Gasteiger partial charge on any atom is -0.494 e. The Morgan fingerprint density at radius 3 is 2.45 bits per heavy atom. The molecule has 0 spiro atoms. The molecule has 5 nitrogen and oxygen atoms in total. The zero-order valence-corrected chi connectivity index (χ0v) is 16.2. The van der Waals surface area contributed by atoms with Crippen molar-refractivity contribution < 1.29 is 22.3 Å². The van der Waals surface area contributed by atoms with Gasteiger partial charge in [0.05, 0.1) is 12.7 Å². The maximum Gasteiger partial charge on any atom is 0.417 e. The highest BCUT2D eigenvalue weighted by atomic mass is 19.4. The largest absolute Gasteiger partial charge is 0.494 e. The lowest BCUT2D eigenvalue weighted by Crippen LogP contribution is -2.08. The Labute approximate surface area is 174 Å². The molecular weight excluding hydrogens is 412 g/mol. The van der Waals surface area contributed by atoms with Gasteiger partial charge in [0.25, 0.3) is 0 Å². The summed E-state index contributed by atoms with van der Waals surface area (Å²) in [5.74, 6) is 0.560. The van der Waals surface area contributed by atoms with Gasteiger partial charge in [0.2, 0.25) is 0 Å². The van der Waals surface area contributed by atoms with E-state index in [1.807, 2.05) is 6.07 Å². The third-order valence-electron chi connectivity index (χ3n) is 4.68. The van der Waals surface area contributed by atoms with E-state index < -0.39 is 11.7 Å². The number of methoxy groups -OCH3 is 1. The number of rotatable bonds is 5. The SMILES string of the molecule is COc1cc(-c2ccc(F)cc2)cc2c(NCc3cncc(C(F)(F)F)c3)ncnc12. The zero-order valence-electron chi connectivity index (χ0n) is 16.2. The first-order valence-electron chi connectivity index (χ1n) is 9.19. The molecule has 0 saturated carbocycles. The summed E-state index contributed by atoms with van der Waals surface area (Å²) in [5.41, 5.74) is 1.58. The molecule has 2 heterocycles. The van der Waals surface area contributed by atoms with Crippen LogP contribution in [0.5, 0.6) is 5.75 Å². The standard InChI is InChI=1S/C22H16F4N4O/c1-31-19-8-15(14-2-4-17(23)5-3-14)7-18-20(19)29-12-30-21(18)28-10-13-6-16(11-27-9-13)22(24,25)26/h2-9,11-12H,10H2,1H3,(H,28,29,30). The van der Waals surface area contributed by atoms with Crippen LogP contribution in [0.4, 0.5) is 23.4 Å². The van der Waals surface area contributed by atoms with Gasteiger partial charge in [0.1, 0.15) is 29.2 Å². The number of anilines is 1. The molecule has 0 saturated heterocycles. The van der Waals surface area contributed by atoms with Crippen molar-refractivity contribution in [3.05, 3.63) is 78.1 Å². The van der Waals surface area contributed by atoms with E-state index in [0.29, 0.717) is 28.0 Å². The summed E-state index contributed by atoms with van der Waals surface area (Å²) < 4.78 is 57.6. The Hall–Kier alpha value is -3.75. The van der Waals surface area contributed by atoms with Gasteiger partial charge in [-0.2, -0.15) is 13.2 Å². The summed E-state index contributed by atoms with van der Waals surface area (Å²) in [6.45, 7) is 0.0755. The highest BCUT2D eigenvalue weighted by molar-refractivity contribution is 5.96. The fourth-order valence-corrected chi connectivity index (χ4v) is 3.17. The number of nitrogens with one attached hydrogen (secondary N) is 1. The Balaban J connectivity index is 1.71. The molecule has 0 atom stereocenters. The molecular formula is C22H16F4N4O. The van der Waals surface area contributed by atoms with Crippen molar-refractivity contribution in [2.24, 2.45) is 0 Å². The first-order chi connectivity index (χ1) is 14.8. The van der Waals surface area contributed by atoms with Crippen LogP contribution in [0.15, 0.2) is 61.2 Å². The minimum absolute atomic E-state index is 0.0755. The monoisotopic (exact) mass is 428 g/mol. The first-order valence-corrected chi connectivity index (χ1v) is 9.19. The van der Waals surface area contributed by atoms with Gasteiger partial charge in [-0.1, -0.05) is 12.1 Å². The summed E-state index contributed by atoms with van der Waals surface area (Å²) in [7, 11) is 1.51. The second-order valence-electron chi connectivity index (χ2n) is 6.74. The molecule has 9 heteroatoms. The predicted octanol–water partition coefficient (Wildman–Crippen LogP) is 5.47. The Morgan fingerprint density at radius 1 is 0.968 bits per heavy atom. The van der Waals surface area contributed by atoms with E-state index in [9.17, 15) is 17.6 Å². The van der Waals surface area contributed by atoms with Crippen LogP contribution in [0.3, 0.4) is 0 Å². The van der Waals surface area contributed by atoms with Crippen molar-refractivity contribution >= 4 is 16.7 Å². The maximum absolute atomic E-state index is 13.3. The number of halogens is 4. The van der Waals surface area contributed by atoms with Gasteiger partial charge < -0.3 is 10.1 Å². The van der Waals surface area contributed by atoms with E-state index in [1.54, 1.807) is 18.2 Å². The molecule has 4 rings (SSSR count). The fraction of sp³-hybridized carbons (Fsp3) is 0.136. The maximum atomic E-state index is 13.3. The molecule has 4 aromatic rings. The minimum atomic E-state index is -4.47. The molecule has 0 radical (unpaired) electrons. The number of benzene rings is 2. The van der Waals surface area contributed by atoms with Gasteiger partial charge in [0, 0.05) is 24.3 Å². The van der Waals surface area contributed by atoms with Crippen LogP contribution < -0.4 is 10.1 Å². The number of hydrogen-bond donors (Lipinski definition) is 1. The highest BCUT2D eigenvalue weighted by Crippen LogP contribution is 2.34. The van der Waals surface area contributed by atoms with Gasteiger partial charge in [-0.3, -0.25) is 4.98 Å². The van der Waals surface area contributed by atoms with Crippen LogP contribution in [0.2, 0.25) is 0 Å². The molecule has 0 unspecified atom stereocenters. The molecule has 0 bridgehead atoms. The van der Waals surface area contributed by atoms with E-state index in [-0.39, 0.29) is 12.4 Å². The summed E-state index contributed by atoms with van der Waals surface area (Å²) in [5, 5.41) is 3.66. The number of ether oxygens (including phenoxy) is 1. The molecule has 0 aliphatic carbocycles. The van der Waals surface area contributed by atoms with E-state index in [1.165, 1.54) is 31.8 Å². The predicted molar refractivity (Wildman–Crippen MR) is 108 cm³/mol. The normalized spacial score (nSPS) is 11.5. The van der Waals surface area contributed by atoms with Gasteiger partial charge >= 0.3 is 6.18 Å². The summed E-state index contributed by atoms with van der Waals surface area (Å²) >= 11 is 0. The molecule has 0 aliphatic heterocycles. The summed E-state index contributed by atoms with van der Waals surface area (Å²) in [6.07, 6.45) is -0.989. The van der Waals surface area contributed by atoms with Gasteiger partial charge in [-0.15, -0.1) is 0 Å². The first kappa shape index (κ1) is 20.5. The fourth-order valence-electron chi connectivity index (χ4n) is 3.17. The van der Waals surface area contributed by atoms with Crippen LogP contribution in [0.1, 0.15) is 11.1 Å². The van der Waals surface area contributed by atoms with Crippen molar-refractivity contribution in [2.75, 3.05) is 12.4 Å². The Bertz CT molecular complexity index is 1230. The lowest BCUT2D eigenvalue weighted by Gasteiger charge is -2.13. The van der Waals surface area contributed by atoms with Crippen LogP contribution in [-0.2, 0) is 12.7 Å². The second kappa shape index (κ2) is 8.17. The molecule has 31 heavy (non-hydrogen) atoms. The lowest BCUT2D eigenvalue weighted by atomic mass is 10.0. The van der Waals surface area contributed by atoms with Crippen LogP contribution in [-0.4, -0.2) is 22.1 Å². The van der Waals surface area contributed by atoms with E-state index >= 15 is 0 Å². The molecule has 0 aliphatic rings. The summed E-state index contributed by atoms with van der Waals surface area (Å²) in [6, 6.07) is 10.6. The average molecular weight is 428 g/mol. The lowest BCUT2D eigenvalue weighted by molar-refractivity contribution is -0.137. The van der Waals surface area contributed by atoms with Crippen molar-refractivity contribution in [2.45, 2.75) is 12.7 Å². The van der Waals surface area contributed by atoms with Crippen LogP contribution in [0, 0.1) is 5.82 Å². The zero-order chi connectivity index (χ0) is 22.0. The molecule has 1 N–H and O–H groups in total. The van der Waals surface area contributed by atoms with Gasteiger partial charge in [-0.05, 0) is 47.0 Å². The molecule has 0 fully saturated rings. The third kappa shape index (κ3) is 4.40.